The summed E-state index contributed by atoms with van der Waals surface area (Å²) in [5, 5.41) is 0. The molecule has 2 aromatic rings. The number of aryl methyl sites for hydroxylation is 1. The fraction of sp³-hybridized carbons (Fsp3) is 0.429. The highest BCUT2D eigenvalue weighted by atomic mass is 16.5. The van der Waals surface area contributed by atoms with Crippen molar-refractivity contribution in [1.29, 1.82) is 0 Å². The molecule has 0 unspecified atom stereocenters. The molecule has 3 rings (SSSR count). The molecule has 0 aromatic heterocycles. The van der Waals surface area contributed by atoms with Gasteiger partial charge in [-0.25, -0.2) is 0 Å². The fourth-order valence-electron chi connectivity index (χ4n) is 2.97. The summed E-state index contributed by atoms with van der Waals surface area (Å²) in [5.74, 6) is 0.921. The first-order valence-corrected chi connectivity index (χ1v) is 8.96. The van der Waals surface area contributed by atoms with E-state index in [4.69, 9.17) is 9.47 Å². The minimum atomic E-state index is 0.626. The molecule has 1 heterocycles. The number of nitrogens with zero attached hydrogens (tertiary/aromatic N) is 1. The number of hydrogen-bond acceptors (Lipinski definition) is 3. The average Bonchev–Trinajstić information content (AvgIpc) is 2.66. The van der Waals surface area contributed by atoms with Gasteiger partial charge in [-0.1, -0.05) is 42.5 Å². The standard InChI is InChI=1S/C21H27NO2/c1-2-7-21(8-3-1)24-18-20-11-9-19(10-12-20)6-4-5-13-22-14-16-23-17-15-22/h1-3,7-12H,4-6,13-18H2. The quantitative estimate of drug-likeness (QED) is 0.687. The van der Waals surface area contributed by atoms with E-state index in [2.05, 4.69) is 29.2 Å². The van der Waals surface area contributed by atoms with Gasteiger partial charge in [0.15, 0.2) is 0 Å². The third kappa shape index (κ3) is 5.66. The molecule has 0 N–H and O–H groups in total. The van der Waals surface area contributed by atoms with Crippen molar-refractivity contribution in [3.05, 3.63) is 65.7 Å². The maximum absolute atomic E-state index is 5.78. The number of hydrogen-bond donors (Lipinski definition) is 0. The Morgan fingerprint density at radius 2 is 1.54 bits per heavy atom. The highest BCUT2D eigenvalue weighted by Crippen LogP contribution is 2.13. The normalized spacial score (nSPS) is 15.3. The second-order valence-electron chi connectivity index (χ2n) is 6.33. The van der Waals surface area contributed by atoms with E-state index in [9.17, 15) is 0 Å². The summed E-state index contributed by atoms with van der Waals surface area (Å²) < 4.78 is 11.2. The van der Waals surface area contributed by atoms with E-state index in [1.54, 1.807) is 0 Å². The van der Waals surface area contributed by atoms with Crippen molar-refractivity contribution in [2.45, 2.75) is 25.9 Å². The Labute approximate surface area is 145 Å². The van der Waals surface area contributed by atoms with Crippen LogP contribution >= 0.6 is 0 Å². The molecule has 3 heteroatoms. The number of benzene rings is 2. The molecule has 128 valence electrons. The van der Waals surface area contributed by atoms with E-state index >= 15 is 0 Å². The Hall–Kier alpha value is -1.84. The molecule has 3 nitrogen and oxygen atoms in total. The first kappa shape index (κ1) is 17.0. The summed E-state index contributed by atoms with van der Waals surface area (Å²) in [5.41, 5.74) is 2.64. The van der Waals surface area contributed by atoms with E-state index in [1.807, 2.05) is 30.3 Å². The highest BCUT2D eigenvalue weighted by molar-refractivity contribution is 5.24. The fourth-order valence-corrected chi connectivity index (χ4v) is 2.97. The summed E-state index contributed by atoms with van der Waals surface area (Å²) >= 11 is 0. The molecule has 1 fully saturated rings. The van der Waals surface area contributed by atoms with Crippen molar-refractivity contribution < 1.29 is 9.47 Å². The van der Waals surface area contributed by atoms with Crippen molar-refractivity contribution in [2.24, 2.45) is 0 Å². The molecular weight excluding hydrogens is 298 g/mol. The maximum atomic E-state index is 5.78. The molecule has 0 atom stereocenters. The smallest absolute Gasteiger partial charge is 0.119 e. The number of ether oxygens (including phenoxy) is 2. The Morgan fingerprint density at radius 3 is 2.29 bits per heavy atom. The molecule has 0 aliphatic carbocycles. The predicted octanol–water partition coefficient (Wildman–Crippen LogP) is 3.92. The van der Waals surface area contributed by atoms with Crippen molar-refractivity contribution in [1.82, 2.24) is 4.90 Å². The summed E-state index contributed by atoms with van der Waals surface area (Å²) in [6.07, 6.45) is 3.67. The number of unbranched alkanes of at least 4 members (excludes halogenated alkanes) is 1. The molecule has 1 aliphatic heterocycles. The van der Waals surface area contributed by atoms with Gasteiger partial charge in [-0.3, -0.25) is 4.90 Å². The first-order chi connectivity index (χ1) is 11.9. The van der Waals surface area contributed by atoms with Gasteiger partial charge in [0.05, 0.1) is 13.2 Å². The largest absolute Gasteiger partial charge is 0.489 e. The lowest BCUT2D eigenvalue weighted by Crippen LogP contribution is -2.36. The van der Waals surface area contributed by atoms with Crippen molar-refractivity contribution >= 4 is 0 Å². The van der Waals surface area contributed by atoms with Crippen LogP contribution in [-0.2, 0) is 17.8 Å². The third-order valence-electron chi connectivity index (χ3n) is 4.47. The number of rotatable bonds is 8. The Balaban J connectivity index is 1.35. The van der Waals surface area contributed by atoms with Crippen LogP contribution < -0.4 is 4.74 Å². The summed E-state index contributed by atoms with van der Waals surface area (Å²) in [6.45, 7) is 5.80. The van der Waals surface area contributed by atoms with Gasteiger partial charge in [0, 0.05) is 13.1 Å². The van der Waals surface area contributed by atoms with Crippen molar-refractivity contribution in [2.75, 3.05) is 32.8 Å². The summed E-state index contributed by atoms with van der Waals surface area (Å²) in [4.78, 5) is 2.51. The minimum absolute atomic E-state index is 0.626. The second kappa shape index (κ2) is 9.45. The van der Waals surface area contributed by atoms with E-state index < -0.39 is 0 Å². The Bertz CT molecular complexity index is 577. The van der Waals surface area contributed by atoms with Crippen LogP contribution in [0, 0.1) is 0 Å². The Kier molecular flexibility index (Phi) is 6.70. The van der Waals surface area contributed by atoms with Gasteiger partial charge < -0.3 is 9.47 Å². The lowest BCUT2D eigenvalue weighted by Gasteiger charge is -2.26. The van der Waals surface area contributed by atoms with Crippen LogP contribution in [0.2, 0.25) is 0 Å². The van der Waals surface area contributed by atoms with Gasteiger partial charge in [-0.15, -0.1) is 0 Å². The molecule has 0 radical (unpaired) electrons. The van der Waals surface area contributed by atoms with Gasteiger partial charge in [0.2, 0.25) is 0 Å². The van der Waals surface area contributed by atoms with Crippen LogP contribution in [0.5, 0.6) is 5.75 Å². The highest BCUT2D eigenvalue weighted by Gasteiger charge is 2.09. The maximum Gasteiger partial charge on any atom is 0.119 e. The lowest BCUT2D eigenvalue weighted by atomic mass is 10.1. The zero-order valence-electron chi connectivity index (χ0n) is 14.3. The van der Waals surface area contributed by atoms with E-state index in [-0.39, 0.29) is 0 Å². The minimum Gasteiger partial charge on any atom is -0.489 e. The summed E-state index contributed by atoms with van der Waals surface area (Å²) in [7, 11) is 0. The second-order valence-corrected chi connectivity index (χ2v) is 6.33. The average molecular weight is 325 g/mol. The van der Waals surface area contributed by atoms with Gasteiger partial charge in [0.1, 0.15) is 12.4 Å². The molecule has 1 aliphatic rings. The molecule has 0 saturated carbocycles. The van der Waals surface area contributed by atoms with Gasteiger partial charge in [-0.05, 0) is 49.1 Å². The molecule has 0 bridgehead atoms. The molecule has 2 aromatic carbocycles. The third-order valence-corrected chi connectivity index (χ3v) is 4.47. The topological polar surface area (TPSA) is 21.7 Å². The molecule has 1 saturated heterocycles. The summed E-state index contributed by atoms with van der Waals surface area (Å²) in [6, 6.07) is 18.8. The van der Waals surface area contributed by atoms with Crippen molar-refractivity contribution in [3.63, 3.8) is 0 Å². The van der Waals surface area contributed by atoms with Gasteiger partial charge in [0.25, 0.3) is 0 Å². The monoisotopic (exact) mass is 325 g/mol. The first-order valence-electron chi connectivity index (χ1n) is 8.96. The Morgan fingerprint density at radius 1 is 0.833 bits per heavy atom. The zero-order valence-corrected chi connectivity index (χ0v) is 14.3. The van der Waals surface area contributed by atoms with Crippen LogP contribution in [0.1, 0.15) is 24.0 Å². The van der Waals surface area contributed by atoms with Gasteiger partial charge in [-0.2, -0.15) is 0 Å². The number of morpholine rings is 1. The molecule has 0 amide bonds. The SMILES string of the molecule is c1ccc(OCc2ccc(CCCCN3CCOCC3)cc2)cc1. The van der Waals surface area contributed by atoms with Crippen LogP contribution in [0.4, 0.5) is 0 Å². The number of para-hydroxylation sites is 1. The van der Waals surface area contributed by atoms with E-state index in [0.717, 1.165) is 38.5 Å². The zero-order chi connectivity index (χ0) is 16.5. The van der Waals surface area contributed by atoms with Crippen LogP contribution in [0.25, 0.3) is 0 Å². The van der Waals surface area contributed by atoms with E-state index in [0.29, 0.717) is 6.61 Å². The lowest BCUT2D eigenvalue weighted by molar-refractivity contribution is 0.0372. The predicted molar refractivity (Wildman–Crippen MR) is 97.4 cm³/mol. The molecule has 24 heavy (non-hydrogen) atoms. The van der Waals surface area contributed by atoms with Gasteiger partial charge >= 0.3 is 0 Å². The van der Waals surface area contributed by atoms with E-state index in [1.165, 1.54) is 30.5 Å². The van der Waals surface area contributed by atoms with Crippen LogP contribution in [0.15, 0.2) is 54.6 Å². The molecular formula is C21H27NO2. The van der Waals surface area contributed by atoms with Crippen LogP contribution in [0.3, 0.4) is 0 Å². The van der Waals surface area contributed by atoms with Crippen LogP contribution in [-0.4, -0.2) is 37.7 Å². The molecule has 0 spiro atoms. The van der Waals surface area contributed by atoms with Crippen molar-refractivity contribution in [3.8, 4) is 5.75 Å².